The lowest BCUT2D eigenvalue weighted by Gasteiger charge is -2.15. The second kappa shape index (κ2) is 4.90. The molecule has 15 heavy (non-hydrogen) atoms. The van der Waals surface area contributed by atoms with Crippen LogP contribution in [0.5, 0.6) is 0 Å². The molecule has 1 unspecified atom stereocenters. The number of thiophene rings is 1. The van der Waals surface area contributed by atoms with Crippen LogP contribution < -0.4 is 11.3 Å². The van der Waals surface area contributed by atoms with Gasteiger partial charge in [-0.25, -0.2) is 5.43 Å². The summed E-state index contributed by atoms with van der Waals surface area (Å²) >= 11 is 5.18. The Morgan fingerprint density at radius 1 is 1.20 bits per heavy atom. The van der Waals surface area contributed by atoms with Gasteiger partial charge in [0.15, 0.2) is 0 Å². The standard InChI is InChI=1S/C11H11BrN2S/c12-10-7-15-6-9(10)11(14-13)8-4-2-1-3-5-8/h1-7,11,14H,13H2. The van der Waals surface area contributed by atoms with E-state index in [-0.39, 0.29) is 6.04 Å². The van der Waals surface area contributed by atoms with Crippen LogP contribution in [0.25, 0.3) is 0 Å². The maximum Gasteiger partial charge on any atom is 0.0729 e. The number of halogens is 1. The molecule has 0 bridgehead atoms. The highest BCUT2D eigenvalue weighted by molar-refractivity contribution is 9.10. The molecule has 0 amide bonds. The Bertz CT molecular complexity index is 427. The lowest BCUT2D eigenvalue weighted by Crippen LogP contribution is -2.28. The van der Waals surface area contributed by atoms with Gasteiger partial charge in [0.25, 0.3) is 0 Å². The molecule has 0 aliphatic rings. The molecule has 1 heterocycles. The molecule has 1 aromatic carbocycles. The molecular weight excluding hydrogens is 272 g/mol. The third kappa shape index (κ3) is 2.29. The molecule has 1 aromatic heterocycles. The van der Waals surface area contributed by atoms with E-state index in [0.29, 0.717) is 0 Å². The highest BCUT2D eigenvalue weighted by Gasteiger charge is 2.15. The minimum atomic E-state index is 0.0480. The van der Waals surface area contributed by atoms with Crippen molar-refractivity contribution in [2.45, 2.75) is 6.04 Å². The van der Waals surface area contributed by atoms with E-state index in [1.807, 2.05) is 18.2 Å². The molecule has 2 aromatic rings. The van der Waals surface area contributed by atoms with Crippen LogP contribution in [-0.4, -0.2) is 0 Å². The van der Waals surface area contributed by atoms with Crippen molar-refractivity contribution < 1.29 is 0 Å². The van der Waals surface area contributed by atoms with E-state index in [1.165, 1.54) is 11.1 Å². The smallest absolute Gasteiger partial charge is 0.0729 e. The molecule has 0 aliphatic carbocycles. The molecule has 78 valence electrons. The van der Waals surface area contributed by atoms with Gasteiger partial charge in [-0.05, 0) is 32.4 Å². The van der Waals surface area contributed by atoms with Crippen molar-refractivity contribution in [2.24, 2.45) is 5.84 Å². The summed E-state index contributed by atoms with van der Waals surface area (Å²) in [5, 5.41) is 4.16. The molecule has 4 heteroatoms. The Kier molecular flexibility index (Phi) is 3.53. The van der Waals surface area contributed by atoms with Crippen LogP contribution in [0, 0.1) is 0 Å². The van der Waals surface area contributed by atoms with Crippen molar-refractivity contribution in [1.82, 2.24) is 5.43 Å². The first kappa shape index (κ1) is 10.8. The summed E-state index contributed by atoms with van der Waals surface area (Å²) in [6.45, 7) is 0. The highest BCUT2D eigenvalue weighted by Crippen LogP contribution is 2.30. The largest absolute Gasteiger partial charge is 0.271 e. The van der Waals surface area contributed by atoms with E-state index >= 15 is 0 Å². The zero-order chi connectivity index (χ0) is 10.7. The Morgan fingerprint density at radius 3 is 2.47 bits per heavy atom. The van der Waals surface area contributed by atoms with E-state index in [2.05, 4.69) is 44.2 Å². The number of benzene rings is 1. The van der Waals surface area contributed by atoms with Gasteiger partial charge in [0, 0.05) is 9.85 Å². The first-order valence-corrected chi connectivity index (χ1v) is 6.29. The van der Waals surface area contributed by atoms with Gasteiger partial charge in [-0.3, -0.25) is 5.84 Å². The Hall–Kier alpha value is -0.680. The summed E-state index contributed by atoms with van der Waals surface area (Å²) in [7, 11) is 0. The summed E-state index contributed by atoms with van der Waals surface area (Å²) < 4.78 is 1.10. The number of rotatable bonds is 3. The Morgan fingerprint density at radius 2 is 1.93 bits per heavy atom. The maximum atomic E-state index is 5.60. The van der Waals surface area contributed by atoms with E-state index in [9.17, 15) is 0 Å². The minimum Gasteiger partial charge on any atom is -0.271 e. The molecule has 2 nitrogen and oxygen atoms in total. The molecule has 0 saturated heterocycles. The fourth-order valence-corrected chi connectivity index (χ4v) is 3.06. The van der Waals surface area contributed by atoms with Gasteiger partial charge in [0.1, 0.15) is 0 Å². The third-order valence-electron chi connectivity index (χ3n) is 2.25. The van der Waals surface area contributed by atoms with Crippen LogP contribution in [0.4, 0.5) is 0 Å². The van der Waals surface area contributed by atoms with Crippen molar-refractivity contribution in [1.29, 1.82) is 0 Å². The Labute approximate surface area is 101 Å². The molecule has 0 spiro atoms. The van der Waals surface area contributed by atoms with E-state index < -0.39 is 0 Å². The lowest BCUT2D eigenvalue weighted by molar-refractivity contribution is 0.637. The van der Waals surface area contributed by atoms with Gasteiger partial charge in [-0.1, -0.05) is 30.3 Å². The van der Waals surface area contributed by atoms with Gasteiger partial charge in [-0.15, -0.1) is 0 Å². The number of hydrogen-bond donors (Lipinski definition) is 2. The summed E-state index contributed by atoms with van der Waals surface area (Å²) in [5.74, 6) is 5.60. The third-order valence-corrected chi connectivity index (χ3v) is 4.00. The summed E-state index contributed by atoms with van der Waals surface area (Å²) in [6.07, 6.45) is 0. The number of nitrogens with one attached hydrogen (secondary N) is 1. The van der Waals surface area contributed by atoms with Crippen molar-refractivity contribution in [3.05, 3.63) is 56.7 Å². The van der Waals surface area contributed by atoms with Gasteiger partial charge >= 0.3 is 0 Å². The molecule has 1 atom stereocenters. The van der Waals surface area contributed by atoms with Gasteiger partial charge < -0.3 is 0 Å². The zero-order valence-electron chi connectivity index (χ0n) is 7.98. The molecular formula is C11H11BrN2S. The molecule has 3 N–H and O–H groups in total. The molecule has 0 aliphatic heterocycles. The second-order valence-corrected chi connectivity index (χ2v) is 4.78. The first-order chi connectivity index (χ1) is 7.33. The number of hydrogen-bond acceptors (Lipinski definition) is 3. The molecule has 0 saturated carbocycles. The summed E-state index contributed by atoms with van der Waals surface area (Å²) in [6, 6.07) is 10.2. The van der Waals surface area contributed by atoms with Crippen LogP contribution in [0.15, 0.2) is 45.6 Å². The zero-order valence-corrected chi connectivity index (χ0v) is 10.4. The topological polar surface area (TPSA) is 38.0 Å². The fraction of sp³-hybridized carbons (Fsp3) is 0.0909. The van der Waals surface area contributed by atoms with Gasteiger partial charge in [0.05, 0.1) is 6.04 Å². The van der Waals surface area contributed by atoms with E-state index in [4.69, 9.17) is 5.84 Å². The van der Waals surface area contributed by atoms with Crippen molar-refractivity contribution >= 4 is 27.3 Å². The van der Waals surface area contributed by atoms with Crippen molar-refractivity contribution in [3.63, 3.8) is 0 Å². The van der Waals surface area contributed by atoms with E-state index in [0.717, 1.165) is 4.47 Å². The van der Waals surface area contributed by atoms with E-state index in [1.54, 1.807) is 11.3 Å². The average molecular weight is 283 g/mol. The van der Waals surface area contributed by atoms with Crippen LogP contribution in [0.2, 0.25) is 0 Å². The molecule has 0 fully saturated rings. The first-order valence-electron chi connectivity index (χ1n) is 4.55. The van der Waals surface area contributed by atoms with Crippen LogP contribution in [-0.2, 0) is 0 Å². The predicted molar refractivity (Wildman–Crippen MR) is 67.6 cm³/mol. The maximum absolute atomic E-state index is 5.60. The highest BCUT2D eigenvalue weighted by atomic mass is 79.9. The normalized spacial score (nSPS) is 12.7. The number of nitrogens with two attached hydrogens (primary N) is 1. The average Bonchev–Trinajstić information content (AvgIpc) is 2.68. The van der Waals surface area contributed by atoms with Gasteiger partial charge in [0.2, 0.25) is 0 Å². The fourth-order valence-electron chi connectivity index (χ4n) is 1.51. The minimum absolute atomic E-state index is 0.0480. The van der Waals surface area contributed by atoms with Crippen LogP contribution in [0.1, 0.15) is 17.2 Å². The lowest BCUT2D eigenvalue weighted by atomic mass is 10.0. The molecule has 0 radical (unpaired) electrons. The quantitative estimate of drug-likeness (QED) is 0.671. The SMILES string of the molecule is NNC(c1ccccc1)c1cscc1Br. The van der Waals surface area contributed by atoms with Crippen molar-refractivity contribution in [3.8, 4) is 0 Å². The Balaban J connectivity index is 2.37. The van der Waals surface area contributed by atoms with Crippen LogP contribution >= 0.6 is 27.3 Å². The summed E-state index contributed by atoms with van der Waals surface area (Å²) in [4.78, 5) is 0. The predicted octanol–water partition coefficient (Wildman–Crippen LogP) is 3.06. The van der Waals surface area contributed by atoms with Gasteiger partial charge in [-0.2, -0.15) is 11.3 Å². The number of hydrazine groups is 1. The second-order valence-electron chi connectivity index (χ2n) is 3.19. The summed E-state index contributed by atoms with van der Waals surface area (Å²) in [5.41, 5.74) is 5.18. The van der Waals surface area contributed by atoms with Crippen molar-refractivity contribution in [2.75, 3.05) is 0 Å². The monoisotopic (exact) mass is 282 g/mol. The molecule has 2 rings (SSSR count). The van der Waals surface area contributed by atoms with Crippen LogP contribution in [0.3, 0.4) is 0 Å².